The van der Waals surface area contributed by atoms with Crippen molar-refractivity contribution in [2.75, 3.05) is 0 Å². The van der Waals surface area contributed by atoms with Crippen molar-refractivity contribution in [1.29, 1.82) is 0 Å². The van der Waals surface area contributed by atoms with Crippen molar-refractivity contribution in [3.8, 4) is 0 Å². The highest BCUT2D eigenvalue weighted by molar-refractivity contribution is 7.92. The van der Waals surface area contributed by atoms with Crippen molar-refractivity contribution in [3.63, 3.8) is 0 Å². The Bertz CT molecular complexity index is 529. The largest absolute Gasteiger partial charge is 0.465 e. The third-order valence-corrected chi connectivity index (χ3v) is 5.01. The number of sulfone groups is 1. The zero-order valence-electron chi connectivity index (χ0n) is 8.68. The first-order chi connectivity index (χ1) is 8.25. The van der Waals surface area contributed by atoms with E-state index in [1.807, 2.05) is 0 Å². The van der Waals surface area contributed by atoms with Crippen LogP contribution in [0.2, 0.25) is 5.02 Å². The number of nitrogens with one attached hydrogen (secondary N) is 1. The number of carbonyl (C=O) groups is 1. The quantitative estimate of drug-likeness (QED) is 0.830. The molecule has 1 aromatic carbocycles. The summed E-state index contributed by atoms with van der Waals surface area (Å²) in [6.07, 6.45) is -1.54. The normalized spacial score (nSPS) is 13.3. The lowest BCUT2D eigenvalue weighted by Gasteiger charge is -2.18. The molecular weight excluding hydrogens is 325 g/mol. The Morgan fingerprint density at radius 1 is 1.22 bits per heavy atom. The first-order valence-electron chi connectivity index (χ1n) is 4.52. The SMILES string of the molecule is O=C(O)NC(C(Cl)Cl)S(=O)(=O)c1ccc(Cl)cc1. The summed E-state index contributed by atoms with van der Waals surface area (Å²) in [6, 6.07) is 5.21. The van der Waals surface area contributed by atoms with Gasteiger partial charge in [-0.05, 0) is 24.3 Å². The summed E-state index contributed by atoms with van der Waals surface area (Å²) in [5.41, 5.74) is 0. The van der Waals surface area contributed by atoms with E-state index < -0.39 is 26.1 Å². The van der Waals surface area contributed by atoms with Crippen molar-refractivity contribution >= 4 is 50.7 Å². The van der Waals surface area contributed by atoms with Crippen LogP contribution in [0.25, 0.3) is 0 Å². The highest BCUT2D eigenvalue weighted by Crippen LogP contribution is 2.23. The Kier molecular flexibility index (Phi) is 5.10. The molecule has 18 heavy (non-hydrogen) atoms. The average molecular weight is 333 g/mol. The van der Waals surface area contributed by atoms with Crippen LogP contribution >= 0.6 is 34.8 Å². The Balaban J connectivity index is 3.16. The molecule has 1 amide bonds. The van der Waals surface area contributed by atoms with E-state index in [1.165, 1.54) is 24.3 Å². The minimum atomic E-state index is -4.03. The molecule has 0 bridgehead atoms. The van der Waals surface area contributed by atoms with Gasteiger partial charge in [0.25, 0.3) is 0 Å². The van der Waals surface area contributed by atoms with Gasteiger partial charge in [0.1, 0.15) is 4.84 Å². The monoisotopic (exact) mass is 331 g/mol. The van der Waals surface area contributed by atoms with E-state index in [2.05, 4.69) is 0 Å². The molecular formula is C9H8Cl3NO4S. The van der Waals surface area contributed by atoms with Crippen molar-refractivity contribution < 1.29 is 18.3 Å². The molecule has 1 aromatic rings. The van der Waals surface area contributed by atoms with Gasteiger partial charge in [-0.2, -0.15) is 0 Å². The molecule has 0 aromatic heterocycles. The maximum absolute atomic E-state index is 12.1. The zero-order chi connectivity index (χ0) is 13.9. The van der Waals surface area contributed by atoms with E-state index in [0.29, 0.717) is 5.02 Å². The molecule has 0 heterocycles. The second-order valence-corrected chi connectivity index (χ2v) is 6.87. The molecule has 0 spiro atoms. The minimum Gasteiger partial charge on any atom is -0.465 e. The van der Waals surface area contributed by atoms with Gasteiger partial charge in [0, 0.05) is 5.02 Å². The summed E-state index contributed by atoms with van der Waals surface area (Å²) in [5.74, 6) is 0. The summed E-state index contributed by atoms with van der Waals surface area (Å²) >= 11 is 16.6. The summed E-state index contributed by atoms with van der Waals surface area (Å²) in [6.45, 7) is 0. The molecule has 5 nitrogen and oxygen atoms in total. The Morgan fingerprint density at radius 2 is 1.72 bits per heavy atom. The smallest absolute Gasteiger partial charge is 0.405 e. The van der Waals surface area contributed by atoms with Crippen LogP contribution in [0.5, 0.6) is 0 Å². The highest BCUT2D eigenvalue weighted by Gasteiger charge is 2.34. The summed E-state index contributed by atoms with van der Waals surface area (Å²) in [4.78, 5) is 8.96. The zero-order valence-corrected chi connectivity index (χ0v) is 11.8. The van der Waals surface area contributed by atoms with Crippen LogP contribution < -0.4 is 5.32 Å². The number of hydrogen-bond acceptors (Lipinski definition) is 3. The fourth-order valence-electron chi connectivity index (χ4n) is 1.17. The maximum Gasteiger partial charge on any atom is 0.405 e. The molecule has 1 atom stereocenters. The number of rotatable bonds is 4. The molecule has 0 radical (unpaired) electrons. The fraction of sp³-hybridized carbons (Fsp3) is 0.222. The molecule has 0 saturated carbocycles. The van der Waals surface area contributed by atoms with E-state index in [4.69, 9.17) is 39.9 Å². The van der Waals surface area contributed by atoms with Crippen molar-refractivity contribution in [2.24, 2.45) is 0 Å². The van der Waals surface area contributed by atoms with Crippen LogP contribution in [0, 0.1) is 0 Å². The van der Waals surface area contributed by atoms with E-state index in [0.717, 1.165) is 0 Å². The van der Waals surface area contributed by atoms with Crippen LogP contribution in [0.3, 0.4) is 0 Å². The number of hydrogen-bond donors (Lipinski definition) is 2. The van der Waals surface area contributed by atoms with Crippen LogP contribution in [0.4, 0.5) is 4.79 Å². The van der Waals surface area contributed by atoms with E-state index in [1.54, 1.807) is 5.32 Å². The number of carboxylic acid groups (broad SMARTS) is 1. The van der Waals surface area contributed by atoms with Gasteiger partial charge in [0.05, 0.1) is 4.90 Å². The van der Waals surface area contributed by atoms with Crippen molar-refractivity contribution in [1.82, 2.24) is 5.32 Å². The van der Waals surface area contributed by atoms with Gasteiger partial charge >= 0.3 is 6.09 Å². The summed E-state index contributed by atoms with van der Waals surface area (Å²) in [7, 11) is -4.03. The molecule has 2 N–H and O–H groups in total. The predicted molar refractivity (Wildman–Crippen MR) is 69.1 cm³/mol. The lowest BCUT2D eigenvalue weighted by Crippen LogP contribution is -2.44. The number of alkyl halides is 2. The number of halogens is 3. The van der Waals surface area contributed by atoms with Crippen LogP contribution in [0.1, 0.15) is 0 Å². The lowest BCUT2D eigenvalue weighted by molar-refractivity contribution is 0.193. The van der Waals surface area contributed by atoms with Crippen LogP contribution in [0.15, 0.2) is 29.2 Å². The third-order valence-electron chi connectivity index (χ3n) is 1.97. The van der Waals surface area contributed by atoms with Crippen molar-refractivity contribution in [2.45, 2.75) is 15.1 Å². The molecule has 0 aliphatic heterocycles. The van der Waals surface area contributed by atoms with Crippen LogP contribution in [-0.2, 0) is 9.84 Å². The molecule has 1 rings (SSSR count). The molecule has 9 heteroatoms. The number of amides is 1. The van der Waals surface area contributed by atoms with Gasteiger partial charge in [0.2, 0.25) is 9.84 Å². The number of benzene rings is 1. The van der Waals surface area contributed by atoms with Gasteiger partial charge in [0.15, 0.2) is 5.37 Å². The molecule has 100 valence electrons. The topological polar surface area (TPSA) is 83.5 Å². The Hall–Kier alpha value is -0.690. The van der Waals surface area contributed by atoms with Gasteiger partial charge < -0.3 is 10.4 Å². The average Bonchev–Trinajstić information content (AvgIpc) is 2.25. The lowest BCUT2D eigenvalue weighted by atomic mass is 10.4. The Morgan fingerprint density at radius 3 is 2.11 bits per heavy atom. The second kappa shape index (κ2) is 5.97. The first kappa shape index (κ1) is 15.4. The molecule has 0 fully saturated rings. The van der Waals surface area contributed by atoms with Gasteiger partial charge in [-0.25, -0.2) is 13.2 Å². The molecule has 0 aliphatic carbocycles. The Labute approximate surface area is 119 Å². The van der Waals surface area contributed by atoms with E-state index in [9.17, 15) is 13.2 Å². The standard InChI is InChI=1S/C9H8Cl3NO4S/c10-5-1-3-6(4-2-5)18(16,17)8(7(11)12)13-9(14)15/h1-4,7-8,13H,(H,14,15). The molecule has 0 aliphatic rings. The molecule has 0 saturated heterocycles. The van der Waals surface area contributed by atoms with Crippen molar-refractivity contribution in [3.05, 3.63) is 29.3 Å². The summed E-state index contributed by atoms with van der Waals surface area (Å²) < 4.78 is 24.2. The van der Waals surface area contributed by atoms with Crippen LogP contribution in [-0.4, -0.2) is 29.8 Å². The fourth-order valence-corrected chi connectivity index (χ4v) is 3.57. The highest BCUT2D eigenvalue weighted by atomic mass is 35.5. The first-order valence-corrected chi connectivity index (χ1v) is 7.32. The third kappa shape index (κ3) is 3.65. The predicted octanol–water partition coefficient (Wildman–Crippen LogP) is 2.51. The second-order valence-electron chi connectivity index (χ2n) is 3.20. The van der Waals surface area contributed by atoms with E-state index in [-0.39, 0.29) is 4.90 Å². The van der Waals surface area contributed by atoms with Gasteiger partial charge in [-0.3, -0.25) is 0 Å². The van der Waals surface area contributed by atoms with Gasteiger partial charge in [-0.1, -0.05) is 11.6 Å². The van der Waals surface area contributed by atoms with Gasteiger partial charge in [-0.15, -0.1) is 23.2 Å². The minimum absolute atomic E-state index is 0.128. The van der Waals surface area contributed by atoms with E-state index >= 15 is 0 Å². The molecule has 1 unspecified atom stereocenters. The summed E-state index contributed by atoms with van der Waals surface area (Å²) in [5, 5.41) is 9.04. The maximum atomic E-state index is 12.1.